The summed E-state index contributed by atoms with van der Waals surface area (Å²) in [6.07, 6.45) is 2.33. The Balaban J connectivity index is 0.00000192. The van der Waals surface area contributed by atoms with Crippen molar-refractivity contribution in [3.05, 3.63) is 60.2 Å². The molecule has 3 aromatic carbocycles. The molecule has 23 heavy (non-hydrogen) atoms. The highest BCUT2D eigenvalue weighted by molar-refractivity contribution is 6.09. The Hall–Kier alpha value is -1.61. The number of halogens is 1. The van der Waals surface area contributed by atoms with Crippen LogP contribution in [-0.4, -0.2) is 11.2 Å². The standard InChI is InChI=1S/C20H23NO.ClH/c1-2-3-12-19(22)20(21)18-13-14-8-4-5-9-15(14)16-10-6-7-11-17(16)18;/h4-11,13,19-20,22H,2-3,12,21H2,1H3;1H/t19-,20+;/m0./s1. The lowest BCUT2D eigenvalue weighted by Gasteiger charge is -2.21. The van der Waals surface area contributed by atoms with Crippen molar-refractivity contribution in [3.8, 4) is 0 Å². The van der Waals surface area contributed by atoms with Crippen LogP contribution in [0.1, 0.15) is 37.8 Å². The van der Waals surface area contributed by atoms with E-state index in [1.807, 2.05) is 12.1 Å². The molecule has 0 aromatic heterocycles. The Morgan fingerprint density at radius 2 is 1.57 bits per heavy atom. The van der Waals surface area contributed by atoms with E-state index in [9.17, 15) is 5.11 Å². The van der Waals surface area contributed by atoms with Crippen molar-refractivity contribution in [2.45, 2.75) is 38.3 Å². The van der Waals surface area contributed by atoms with Gasteiger partial charge in [-0.2, -0.15) is 0 Å². The molecular formula is C20H24ClNO. The minimum atomic E-state index is -0.496. The molecule has 0 unspecified atom stereocenters. The van der Waals surface area contributed by atoms with Crippen molar-refractivity contribution in [1.82, 2.24) is 0 Å². The summed E-state index contributed by atoms with van der Waals surface area (Å²) in [6, 6.07) is 18.5. The number of fused-ring (bicyclic) bond motifs is 3. The zero-order chi connectivity index (χ0) is 15.5. The lowest BCUT2D eigenvalue weighted by molar-refractivity contribution is 0.133. The van der Waals surface area contributed by atoms with Crippen LogP contribution in [0.5, 0.6) is 0 Å². The third-order valence-electron chi connectivity index (χ3n) is 4.43. The fourth-order valence-electron chi connectivity index (χ4n) is 3.16. The van der Waals surface area contributed by atoms with E-state index in [4.69, 9.17) is 5.73 Å². The van der Waals surface area contributed by atoms with Crippen LogP contribution in [0.15, 0.2) is 54.6 Å². The molecule has 0 bridgehead atoms. The van der Waals surface area contributed by atoms with Crippen molar-refractivity contribution >= 4 is 34.0 Å². The van der Waals surface area contributed by atoms with Crippen LogP contribution in [-0.2, 0) is 0 Å². The largest absolute Gasteiger partial charge is 0.391 e. The number of benzene rings is 3. The molecular weight excluding hydrogens is 306 g/mol. The Bertz CT molecular complexity index is 787. The summed E-state index contributed by atoms with van der Waals surface area (Å²) < 4.78 is 0. The van der Waals surface area contributed by atoms with E-state index in [1.54, 1.807) is 0 Å². The first kappa shape index (κ1) is 17.7. The summed E-state index contributed by atoms with van der Waals surface area (Å²) >= 11 is 0. The second-order valence-electron chi connectivity index (χ2n) is 5.97. The summed E-state index contributed by atoms with van der Waals surface area (Å²) in [5.74, 6) is 0. The van der Waals surface area contributed by atoms with Gasteiger partial charge in [-0.25, -0.2) is 0 Å². The number of hydrogen-bond donors (Lipinski definition) is 2. The minimum absolute atomic E-state index is 0. The Morgan fingerprint density at radius 3 is 2.26 bits per heavy atom. The van der Waals surface area contributed by atoms with Crippen molar-refractivity contribution in [3.63, 3.8) is 0 Å². The molecule has 3 heteroatoms. The minimum Gasteiger partial charge on any atom is -0.391 e. The van der Waals surface area contributed by atoms with Crippen LogP contribution in [0.25, 0.3) is 21.5 Å². The summed E-state index contributed by atoms with van der Waals surface area (Å²) in [5.41, 5.74) is 7.43. The van der Waals surface area contributed by atoms with E-state index >= 15 is 0 Å². The van der Waals surface area contributed by atoms with Gasteiger partial charge >= 0.3 is 0 Å². The molecule has 0 radical (unpaired) electrons. The molecule has 0 heterocycles. The molecule has 3 N–H and O–H groups in total. The van der Waals surface area contributed by atoms with Gasteiger partial charge in [0.25, 0.3) is 0 Å². The fraction of sp³-hybridized carbons (Fsp3) is 0.300. The Kier molecular flexibility index (Phi) is 6.00. The highest BCUT2D eigenvalue weighted by Gasteiger charge is 2.19. The molecule has 3 rings (SSSR count). The van der Waals surface area contributed by atoms with Crippen LogP contribution in [0.4, 0.5) is 0 Å². The fourth-order valence-corrected chi connectivity index (χ4v) is 3.16. The molecule has 0 aliphatic rings. The summed E-state index contributed by atoms with van der Waals surface area (Å²) in [6.45, 7) is 2.13. The van der Waals surface area contributed by atoms with Gasteiger partial charge in [-0.15, -0.1) is 12.4 Å². The van der Waals surface area contributed by atoms with Crippen LogP contribution in [0, 0.1) is 0 Å². The predicted octanol–water partition coefficient (Wildman–Crippen LogP) is 4.97. The van der Waals surface area contributed by atoms with Gasteiger partial charge in [0.1, 0.15) is 0 Å². The number of nitrogens with two attached hydrogens (primary N) is 1. The molecule has 0 spiro atoms. The van der Waals surface area contributed by atoms with Gasteiger partial charge in [0, 0.05) is 0 Å². The maximum Gasteiger partial charge on any atom is 0.0733 e. The quantitative estimate of drug-likeness (QED) is 0.649. The molecule has 3 aromatic rings. The van der Waals surface area contributed by atoms with Gasteiger partial charge in [-0.3, -0.25) is 0 Å². The summed E-state index contributed by atoms with van der Waals surface area (Å²) in [5, 5.41) is 15.2. The van der Waals surface area contributed by atoms with Crippen molar-refractivity contribution in [2.75, 3.05) is 0 Å². The molecule has 0 aliphatic carbocycles. The molecule has 0 saturated heterocycles. The van der Waals surface area contributed by atoms with Gasteiger partial charge in [0.05, 0.1) is 12.1 Å². The van der Waals surface area contributed by atoms with Gasteiger partial charge in [-0.05, 0) is 39.6 Å². The van der Waals surface area contributed by atoms with Crippen LogP contribution in [0.2, 0.25) is 0 Å². The Labute approximate surface area is 143 Å². The first-order chi connectivity index (χ1) is 10.7. The average Bonchev–Trinajstić information content (AvgIpc) is 2.58. The smallest absolute Gasteiger partial charge is 0.0733 e. The average molecular weight is 330 g/mol. The lowest BCUT2D eigenvalue weighted by Crippen LogP contribution is -2.26. The van der Waals surface area contributed by atoms with E-state index in [0.717, 1.165) is 30.2 Å². The molecule has 0 amide bonds. The zero-order valence-corrected chi connectivity index (χ0v) is 14.2. The second kappa shape index (κ2) is 7.78. The number of aliphatic hydroxyl groups is 1. The van der Waals surface area contributed by atoms with E-state index in [1.165, 1.54) is 16.2 Å². The normalized spacial score (nSPS) is 13.7. The van der Waals surface area contributed by atoms with Gasteiger partial charge in [0.2, 0.25) is 0 Å². The molecule has 0 fully saturated rings. The predicted molar refractivity (Wildman–Crippen MR) is 101 cm³/mol. The number of rotatable bonds is 5. The molecule has 122 valence electrons. The van der Waals surface area contributed by atoms with Crippen LogP contribution >= 0.6 is 12.4 Å². The van der Waals surface area contributed by atoms with E-state index in [0.29, 0.717) is 0 Å². The van der Waals surface area contributed by atoms with Gasteiger partial charge in [-0.1, -0.05) is 68.3 Å². The van der Waals surface area contributed by atoms with Crippen LogP contribution < -0.4 is 5.73 Å². The monoisotopic (exact) mass is 329 g/mol. The van der Waals surface area contributed by atoms with Crippen molar-refractivity contribution in [1.29, 1.82) is 0 Å². The van der Waals surface area contributed by atoms with Crippen molar-refractivity contribution in [2.24, 2.45) is 5.73 Å². The Morgan fingerprint density at radius 1 is 0.957 bits per heavy atom. The van der Waals surface area contributed by atoms with E-state index in [2.05, 4.69) is 49.4 Å². The SMILES string of the molecule is CCCC[C@H](O)[C@H](N)c1cc2ccccc2c2ccccc12.Cl. The molecule has 0 aliphatic heterocycles. The van der Waals surface area contributed by atoms with Gasteiger partial charge < -0.3 is 10.8 Å². The number of hydrogen-bond acceptors (Lipinski definition) is 2. The first-order valence-electron chi connectivity index (χ1n) is 8.06. The third-order valence-corrected chi connectivity index (χ3v) is 4.43. The number of aliphatic hydroxyl groups excluding tert-OH is 1. The second-order valence-corrected chi connectivity index (χ2v) is 5.97. The highest BCUT2D eigenvalue weighted by atomic mass is 35.5. The van der Waals surface area contributed by atoms with E-state index < -0.39 is 6.10 Å². The zero-order valence-electron chi connectivity index (χ0n) is 13.4. The maximum atomic E-state index is 10.4. The highest BCUT2D eigenvalue weighted by Crippen LogP contribution is 2.32. The van der Waals surface area contributed by atoms with Gasteiger partial charge in [0.15, 0.2) is 0 Å². The number of unbranched alkanes of at least 4 members (excludes halogenated alkanes) is 1. The third kappa shape index (κ3) is 3.50. The lowest BCUT2D eigenvalue weighted by atomic mass is 9.90. The first-order valence-corrected chi connectivity index (χ1v) is 8.06. The summed E-state index contributed by atoms with van der Waals surface area (Å²) in [4.78, 5) is 0. The topological polar surface area (TPSA) is 46.2 Å². The molecule has 2 nitrogen and oxygen atoms in total. The van der Waals surface area contributed by atoms with Crippen LogP contribution in [0.3, 0.4) is 0 Å². The maximum absolute atomic E-state index is 10.4. The van der Waals surface area contributed by atoms with E-state index in [-0.39, 0.29) is 18.4 Å². The van der Waals surface area contributed by atoms with Crippen molar-refractivity contribution < 1.29 is 5.11 Å². The molecule has 2 atom stereocenters. The summed E-state index contributed by atoms with van der Waals surface area (Å²) in [7, 11) is 0. The molecule has 0 saturated carbocycles.